The molecule has 0 aliphatic rings. The summed E-state index contributed by atoms with van der Waals surface area (Å²) in [6, 6.07) is 0.417. The van der Waals surface area contributed by atoms with Crippen molar-refractivity contribution >= 4 is 17.3 Å². The number of thiazole rings is 1. The van der Waals surface area contributed by atoms with Crippen molar-refractivity contribution in [1.82, 2.24) is 14.5 Å². The number of anilines is 1. The van der Waals surface area contributed by atoms with Crippen molar-refractivity contribution in [2.75, 3.05) is 5.32 Å². The zero-order chi connectivity index (χ0) is 11.5. The first-order chi connectivity index (χ1) is 7.66. The minimum Gasteiger partial charge on any atom is -0.349 e. The average molecular weight is 236 g/mol. The van der Waals surface area contributed by atoms with Crippen molar-refractivity contribution in [2.24, 2.45) is 0 Å². The third kappa shape index (κ3) is 2.41. The van der Waals surface area contributed by atoms with Gasteiger partial charge < -0.3 is 9.88 Å². The summed E-state index contributed by atoms with van der Waals surface area (Å²) in [5.41, 5.74) is 1.04. The predicted molar refractivity (Wildman–Crippen MR) is 66.8 cm³/mol. The molecule has 0 aliphatic heterocycles. The molecule has 4 nitrogen and oxygen atoms in total. The molecule has 0 aromatic carbocycles. The normalized spacial score (nSPS) is 11.0. The van der Waals surface area contributed by atoms with Gasteiger partial charge in [0, 0.05) is 23.8 Å². The number of nitrogens with one attached hydrogen (secondary N) is 1. The van der Waals surface area contributed by atoms with Gasteiger partial charge in [-0.15, -0.1) is 11.3 Å². The second-order valence-electron chi connectivity index (χ2n) is 3.99. The summed E-state index contributed by atoms with van der Waals surface area (Å²) >= 11 is 1.65. The van der Waals surface area contributed by atoms with E-state index in [1.165, 1.54) is 0 Å². The smallest absolute Gasteiger partial charge is 0.203 e. The van der Waals surface area contributed by atoms with Gasteiger partial charge >= 0.3 is 0 Å². The van der Waals surface area contributed by atoms with Crippen LogP contribution in [0.25, 0.3) is 0 Å². The second-order valence-corrected chi connectivity index (χ2v) is 4.97. The third-order valence-corrected chi connectivity index (χ3v) is 3.07. The lowest BCUT2D eigenvalue weighted by atomic mass is 10.4. The van der Waals surface area contributed by atoms with Crippen molar-refractivity contribution < 1.29 is 0 Å². The van der Waals surface area contributed by atoms with Crippen LogP contribution in [0.3, 0.4) is 0 Å². The van der Waals surface area contributed by atoms with Crippen LogP contribution in [0.1, 0.15) is 30.6 Å². The minimum atomic E-state index is 0.417. The lowest BCUT2D eigenvalue weighted by Crippen LogP contribution is -2.08. The Hall–Kier alpha value is -1.36. The van der Waals surface area contributed by atoms with Crippen LogP contribution in [0.4, 0.5) is 5.95 Å². The summed E-state index contributed by atoms with van der Waals surface area (Å²) in [6.45, 7) is 7.04. The Morgan fingerprint density at radius 3 is 2.94 bits per heavy atom. The van der Waals surface area contributed by atoms with E-state index in [2.05, 4.69) is 39.9 Å². The molecule has 2 rings (SSSR count). The highest BCUT2D eigenvalue weighted by atomic mass is 32.1. The Labute approximate surface area is 99.4 Å². The number of nitrogens with zero attached hydrogens (tertiary/aromatic N) is 3. The van der Waals surface area contributed by atoms with E-state index in [-0.39, 0.29) is 0 Å². The van der Waals surface area contributed by atoms with E-state index >= 15 is 0 Å². The fraction of sp³-hybridized carbons (Fsp3) is 0.455. The van der Waals surface area contributed by atoms with Crippen LogP contribution in [-0.4, -0.2) is 14.5 Å². The van der Waals surface area contributed by atoms with Gasteiger partial charge in [-0.25, -0.2) is 9.97 Å². The van der Waals surface area contributed by atoms with Crippen LogP contribution >= 0.6 is 11.3 Å². The fourth-order valence-electron chi connectivity index (χ4n) is 1.54. The number of imidazole rings is 1. The molecule has 2 aromatic heterocycles. The molecule has 86 valence electrons. The Morgan fingerprint density at radius 2 is 2.31 bits per heavy atom. The van der Waals surface area contributed by atoms with Crippen LogP contribution in [0.15, 0.2) is 17.8 Å². The number of aryl methyl sites for hydroxylation is 1. The molecule has 2 aromatic rings. The molecule has 0 saturated heterocycles. The molecular formula is C11H16N4S. The molecule has 0 spiro atoms. The Kier molecular flexibility index (Phi) is 3.24. The monoisotopic (exact) mass is 236 g/mol. The summed E-state index contributed by atoms with van der Waals surface area (Å²) in [5, 5.41) is 6.38. The summed E-state index contributed by atoms with van der Waals surface area (Å²) in [7, 11) is 0. The van der Waals surface area contributed by atoms with Crippen LogP contribution < -0.4 is 5.32 Å². The molecule has 0 bridgehead atoms. The standard InChI is InChI=1S/C11H16N4S/c1-8(2)15-7-9(3)14-11(15)13-6-10-12-4-5-16-10/h4-5,7-8H,6H2,1-3H3,(H,13,14). The van der Waals surface area contributed by atoms with Gasteiger partial charge in [-0.05, 0) is 20.8 Å². The van der Waals surface area contributed by atoms with Crippen LogP contribution in [0.2, 0.25) is 0 Å². The molecular weight excluding hydrogens is 220 g/mol. The molecule has 0 aliphatic carbocycles. The first-order valence-corrected chi connectivity index (χ1v) is 6.22. The summed E-state index contributed by atoms with van der Waals surface area (Å²) in [6.07, 6.45) is 3.89. The maximum Gasteiger partial charge on any atom is 0.203 e. The lowest BCUT2D eigenvalue weighted by molar-refractivity contribution is 0.604. The molecule has 0 amide bonds. The van der Waals surface area contributed by atoms with Gasteiger partial charge in [0.1, 0.15) is 5.01 Å². The van der Waals surface area contributed by atoms with Crippen molar-refractivity contribution in [1.29, 1.82) is 0 Å². The van der Waals surface area contributed by atoms with E-state index in [0.717, 1.165) is 23.2 Å². The van der Waals surface area contributed by atoms with Gasteiger partial charge in [-0.2, -0.15) is 0 Å². The first kappa shape index (κ1) is 11.1. The van der Waals surface area contributed by atoms with Gasteiger partial charge in [0.25, 0.3) is 0 Å². The molecule has 0 saturated carbocycles. The van der Waals surface area contributed by atoms with Gasteiger partial charge in [-0.3, -0.25) is 0 Å². The van der Waals surface area contributed by atoms with Crippen molar-refractivity contribution in [3.05, 3.63) is 28.5 Å². The third-order valence-electron chi connectivity index (χ3n) is 2.29. The fourth-order valence-corrected chi connectivity index (χ4v) is 2.09. The number of aromatic nitrogens is 3. The Bertz CT molecular complexity index is 445. The van der Waals surface area contributed by atoms with E-state index in [4.69, 9.17) is 0 Å². The van der Waals surface area contributed by atoms with E-state index < -0.39 is 0 Å². The van der Waals surface area contributed by atoms with E-state index in [0.29, 0.717) is 6.04 Å². The Balaban J connectivity index is 2.09. The zero-order valence-corrected chi connectivity index (χ0v) is 10.6. The van der Waals surface area contributed by atoms with Crippen molar-refractivity contribution in [3.63, 3.8) is 0 Å². The highest BCUT2D eigenvalue weighted by Gasteiger charge is 2.08. The SMILES string of the molecule is Cc1cn(C(C)C)c(NCc2nccs2)n1. The lowest BCUT2D eigenvalue weighted by Gasteiger charge is -2.11. The summed E-state index contributed by atoms with van der Waals surface area (Å²) < 4.78 is 2.14. The van der Waals surface area contributed by atoms with Gasteiger partial charge in [-0.1, -0.05) is 0 Å². The topological polar surface area (TPSA) is 42.7 Å². The van der Waals surface area contributed by atoms with Crippen LogP contribution in [0, 0.1) is 6.92 Å². The molecule has 5 heteroatoms. The number of hydrogen-bond donors (Lipinski definition) is 1. The van der Waals surface area contributed by atoms with Crippen LogP contribution in [-0.2, 0) is 6.54 Å². The molecule has 0 atom stereocenters. The van der Waals surface area contributed by atoms with Crippen molar-refractivity contribution in [3.8, 4) is 0 Å². The largest absolute Gasteiger partial charge is 0.349 e. The maximum atomic E-state index is 4.46. The van der Waals surface area contributed by atoms with Gasteiger partial charge in [0.2, 0.25) is 5.95 Å². The molecule has 1 N–H and O–H groups in total. The highest BCUT2D eigenvalue weighted by Crippen LogP contribution is 2.16. The van der Waals surface area contributed by atoms with Crippen LogP contribution in [0.5, 0.6) is 0 Å². The predicted octanol–water partition coefficient (Wildman–Crippen LogP) is 2.84. The molecule has 2 heterocycles. The summed E-state index contributed by atoms with van der Waals surface area (Å²) in [5.74, 6) is 0.919. The number of rotatable bonds is 4. The maximum absolute atomic E-state index is 4.46. The number of hydrogen-bond acceptors (Lipinski definition) is 4. The molecule has 0 unspecified atom stereocenters. The molecule has 0 radical (unpaired) electrons. The molecule has 0 fully saturated rings. The highest BCUT2D eigenvalue weighted by molar-refractivity contribution is 7.09. The minimum absolute atomic E-state index is 0.417. The second kappa shape index (κ2) is 4.65. The van der Waals surface area contributed by atoms with E-state index in [1.807, 2.05) is 18.5 Å². The Morgan fingerprint density at radius 1 is 1.50 bits per heavy atom. The first-order valence-electron chi connectivity index (χ1n) is 5.34. The van der Waals surface area contributed by atoms with Crippen molar-refractivity contribution in [2.45, 2.75) is 33.4 Å². The molecule has 16 heavy (non-hydrogen) atoms. The van der Waals surface area contributed by atoms with Gasteiger partial charge in [0.05, 0.1) is 12.2 Å². The average Bonchev–Trinajstić information content (AvgIpc) is 2.83. The van der Waals surface area contributed by atoms with E-state index in [9.17, 15) is 0 Å². The summed E-state index contributed by atoms with van der Waals surface area (Å²) in [4.78, 5) is 8.69. The zero-order valence-electron chi connectivity index (χ0n) is 9.77. The van der Waals surface area contributed by atoms with E-state index in [1.54, 1.807) is 11.3 Å². The quantitative estimate of drug-likeness (QED) is 0.887. The van der Waals surface area contributed by atoms with Gasteiger partial charge in [0.15, 0.2) is 0 Å².